The van der Waals surface area contributed by atoms with Gasteiger partial charge in [-0.05, 0) is 25.8 Å². The van der Waals surface area contributed by atoms with Crippen molar-refractivity contribution in [3.8, 4) is 0 Å². The molecule has 2 rings (SSSR count). The van der Waals surface area contributed by atoms with Crippen molar-refractivity contribution in [2.75, 3.05) is 5.73 Å². The molecule has 0 aliphatic heterocycles. The highest BCUT2D eigenvalue weighted by Crippen LogP contribution is 2.17. The van der Waals surface area contributed by atoms with Gasteiger partial charge >= 0.3 is 0 Å². The van der Waals surface area contributed by atoms with E-state index in [-0.39, 0.29) is 6.04 Å². The molecule has 0 amide bonds. The van der Waals surface area contributed by atoms with Crippen molar-refractivity contribution in [1.82, 2.24) is 9.78 Å². The number of nitrogen functional groups attached to an aromatic ring is 1. The van der Waals surface area contributed by atoms with E-state index in [1.54, 1.807) is 0 Å². The molecule has 0 radical (unpaired) electrons. The highest BCUT2D eigenvalue weighted by atomic mass is 15.3. The lowest BCUT2D eigenvalue weighted by Gasteiger charge is -2.13. The molecule has 1 aromatic heterocycles. The first-order valence-electron chi connectivity index (χ1n) is 5.52. The maximum absolute atomic E-state index is 5.90. The fraction of sp³-hybridized carbons (Fsp3) is 0.308. The number of anilines is 1. The summed E-state index contributed by atoms with van der Waals surface area (Å²) in [5, 5.41) is 4.40. The summed E-state index contributed by atoms with van der Waals surface area (Å²) in [5.41, 5.74) is 8.17. The highest BCUT2D eigenvalue weighted by Gasteiger charge is 2.10. The zero-order valence-corrected chi connectivity index (χ0v) is 9.72. The topological polar surface area (TPSA) is 43.8 Å². The average Bonchev–Trinajstić information content (AvgIpc) is 2.59. The van der Waals surface area contributed by atoms with E-state index < -0.39 is 0 Å². The summed E-state index contributed by atoms with van der Waals surface area (Å²) in [7, 11) is 0. The lowest BCUT2D eigenvalue weighted by Crippen LogP contribution is -2.12. The molecule has 0 fully saturated rings. The number of benzene rings is 1. The fourth-order valence-electron chi connectivity index (χ4n) is 1.93. The third kappa shape index (κ3) is 2.24. The van der Waals surface area contributed by atoms with Crippen molar-refractivity contribution in [2.45, 2.75) is 26.3 Å². The molecule has 0 aliphatic carbocycles. The average molecular weight is 215 g/mol. The number of nitrogens with zero attached hydrogens (tertiary/aromatic N) is 2. The van der Waals surface area contributed by atoms with Gasteiger partial charge in [-0.1, -0.05) is 30.3 Å². The second-order valence-corrected chi connectivity index (χ2v) is 4.19. The zero-order chi connectivity index (χ0) is 11.5. The molecule has 2 N–H and O–H groups in total. The van der Waals surface area contributed by atoms with Crippen LogP contribution in [-0.2, 0) is 6.42 Å². The van der Waals surface area contributed by atoms with Crippen molar-refractivity contribution in [3.63, 3.8) is 0 Å². The normalized spacial score (nSPS) is 12.6. The minimum Gasteiger partial charge on any atom is -0.384 e. The van der Waals surface area contributed by atoms with Crippen LogP contribution in [0.3, 0.4) is 0 Å². The molecule has 3 heteroatoms. The van der Waals surface area contributed by atoms with Gasteiger partial charge in [-0.25, -0.2) is 4.68 Å². The van der Waals surface area contributed by atoms with E-state index in [1.165, 1.54) is 5.56 Å². The van der Waals surface area contributed by atoms with Gasteiger partial charge in [-0.2, -0.15) is 5.10 Å². The molecular formula is C13H17N3. The van der Waals surface area contributed by atoms with Gasteiger partial charge in [-0.3, -0.25) is 0 Å². The maximum Gasteiger partial charge on any atom is 0.122 e. The molecule has 2 aromatic rings. The Morgan fingerprint density at radius 3 is 2.56 bits per heavy atom. The number of aromatic nitrogens is 2. The highest BCUT2D eigenvalue weighted by molar-refractivity contribution is 5.31. The van der Waals surface area contributed by atoms with Crippen LogP contribution in [0.2, 0.25) is 0 Å². The lowest BCUT2D eigenvalue weighted by molar-refractivity contribution is 0.493. The van der Waals surface area contributed by atoms with Gasteiger partial charge in [0.15, 0.2) is 0 Å². The van der Waals surface area contributed by atoms with Crippen molar-refractivity contribution >= 4 is 5.82 Å². The molecule has 0 saturated heterocycles. The number of nitrogens with two attached hydrogens (primary N) is 1. The minimum atomic E-state index is 0.288. The van der Waals surface area contributed by atoms with E-state index >= 15 is 0 Å². The third-order valence-electron chi connectivity index (χ3n) is 2.68. The summed E-state index contributed by atoms with van der Waals surface area (Å²) in [5.74, 6) is 0.737. The van der Waals surface area contributed by atoms with E-state index in [2.05, 4.69) is 36.3 Å². The first-order chi connectivity index (χ1) is 7.66. The van der Waals surface area contributed by atoms with Crippen molar-refractivity contribution in [1.29, 1.82) is 0 Å². The molecule has 0 bridgehead atoms. The number of hydrogen-bond acceptors (Lipinski definition) is 2. The fourth-order valence-corrected chi connectivity index (χ4v) is 1.93. The van der Waals surface area contributed by atoms with Crippen LogP contribution in [0.1, 0.15) is 24.2 Å². The molecule has 3 nitrogen and oxygen atoms in total. The Bertz CT molecular complexity index is 459. The van der Waals surface area contributed by atoms with Crippen molar-refractivity contribution in [2.24, 2.45) is 0 Å². The largest absolute Gasteiger partial charge is 0.384 e. The minimum absolute atomic E-state index is 0.288. The molecule has 1 aromatic carbocycles. The maximum atomic E-state index is 5.90. The molecule has 0 saturated carbocycles. The Labute approximate surface area is 95.9 Å². The summed E-state index contributed by atoms with van der Waals surface area (Å²) in [6.45, 7) is 4.10. The monoisotopic (exact) mass is 215 g/mol. The van der Waals surface area contributed by atoms with E-state index in [9.17, 15) is 0 Å². The summed E-state index contributed by atoms with van der Waals surface area (Å²) in [6.07, 6.45) is 0.951. The summed E-state index contributed by atoms with van der Waals surface area (Å²) in [6, 6.07) is 12.6. The van der Waals surface area contributed by atoms with Crippen molar-refractivity contribution < 1.29 is 0 Å². The zero-order valence-electron chi connectivity index (χ0n) is 9.72. The standard InChI is InChI=1S/C13H17N3/c1-10-8-13(14)16(15-10)11(2)9-12-6-4-3-5-7-12/h3-8,11H,9,14H2,1-2H3. The second kappa shape index (κ2) is 4.39. The van der Waals surface area contributed by atoms with Gasteiger partial charge in [0.1, 0.15) is 5.82 Å². The van der Waals surface area contributed by atoms with Gasteiger partial charge < -0.3 is 5.73 Å². The quantitative estimate of drug-likeness (QED) is 0.855. The molecule has 1 atom stereocenters. The van der Waals surface area contributed by atoms with E-state index in [0.29, 0.717) is 0 Å². The van der Waals surface area contributed by atoms with Crippen LogP contribution in [0.4, 0.5) is 5.82 Å². The Kier molecular flexibility index (Phi) is 2.95. The molecular weight excluding hydrogens is 198 g/mol. The number of aryl methyl sites for hydroxylation is 1. The van der Waals surface area contributed by atoms with E-state index in [4.69, 9.17) is 5.73 Å². The summed E-state index contributed by atoms with van der Waals surface area (Å²) >= 11 is 0. The van der Waals surface area contributed by atoms with Gasteiger partial charge in [0, 0.05) is 6.07 Å². The summed E-state index contributed by atoms with van der Waals surface area (Å²) < 4.78 is 1.89. The van der Waals surface area contributed by atoms with Crippen LogP contribution in [0.25, 0.3) is 0 Å². The van der Waals surface area contributed by atoms with Crippen LogP contribution < -0.4 is 5.73 Å². The lowest BCUT2D eigenvalue weighted by atomic mass is 10.1. The first kappa shape index (κ1) is 10.7. The molecule has 0 aliphatic rings. The van der Waals surface area contributed by atoms with Crippen LogP contribution in [0.5, 0.6) is 0 Å². The molecule has 16 heavy (non-hydrogen) atoms. The predicted octanol–water partition coefficient (Wildman–Crippen LogP) is 2.58. The Hall–Kier alpha value is -1.77. The SMILES string of the molecule is Cc1cc(N)n(C(C)Cc2ccccc2)n1. The Morgan fingerprint density at radius 1 is 1.31 bits per heavy atom. The third-order valence-corrected chi connectivity index (χ3v) is 2.68. The van der Waals surface area contributed by atoms with Crippen LogP contribution >= 0.6 is 0 Å². The van der Waals surface area contributed by atoms with E-state index in [0.717, 1.165) is 17.9 Å². The molecule has 84 valence electrons. The van der Waals surface area contributed by atoms with Gasteiger partial charge in [0.2, 0.25) is 0 Å². The Morgan fingerprint density at radius 2 is 2.00 bits per heavy atom. The molecule has 1 heterocycles. The predicted molar refractivity (Wildman–Crippen MR) is 66.2 cm³/mol. The second-order valence-electron chi connectivity index (χ2n) is 4.19. The summed E-state index contributed by atoms with van der Waals surface area (Å²) in [4.78, 5) is 0. The van der Waals surface area contributed by atoms with Gasteiger partial charge in [0.05, 0.1) is 11.7 Å². The van der Waals surface area contributed by atoms with Crippen LogP contribution in [0.15, 0.2) is 36.4 Å². The van der Waals surface area contributed by atoms with Gasteiger partial charge in [0.25, 0.3) is 0 Å². The van der Waals surface area contributed by atoms with Gasteiger partial charge in [-0.15, -0.1) is 0 Å². The van der Waals surface area contributed by atoms with E-state index in [1.807, 2.05) is 23.7 Å². The smallest absolute Gasteiger partial charge is 0.122 e. The number of rotatable bonds is 3. The molecule has 1 unspecified atom stereocenters. The van der Waals surface area contributed by atoms with Crippen LogP contribution in [0, 0.1) is 6.92 Å². The molecule has 0 spiro atoms. The van der Waals surface area contributed by atoms with Crippen molar-refractivity contribution in [3.05, 3.63) is 47.7 Å². The number of hydrogen-bond donors (Lipinski definition) is 1. The Balaban J connectivity index is 2.14. The van der Waals surface area contributed by atoms with Crippen LogP contribution in [-0.4, -0.2) is 9.78 Å². The first-order valence-corrected chi connectivity index (χ1v) is 5.52.